The van der Waals surface area contributed by atoms with Crippen molar-refractivity contribution in [2.75, 3.05) is 26.9 Å². The molecule has 0 aromatic heterocycles. The third-order valence-electron chi connectivity index (χ3n) is 3.93. The van der Waals surface area contributed by atoms with Crippen molar-refractivity contribution in [1.29, 1.82) is 0 Å². The molecule has 1 rings (SSSR count). The second kappa shape index (κ2) is 13.9. The van der Waals surface area contributed by atoms with E-state index in [2.05, 4.69) is 10.0 Å². The van der Waals surface area contributed by atoms with Crippen molar-refractivity contribution in [1.82, 2.24) is 0 Å². The molecule has 28 heavy (non-hydrogen) atoms. The van der Waals surface area contributed by atoms with Crippen molar-refractivity contribution in [3.8, 4) is 0 Å². The average Bonchev–Trinajstić information content (AvgIpc) is 2.71. The zero-order valence-electron chi connectivity index (χ0n) is 16.6. The van der Waals surface area contributed by atoms with Crippen molar-refractivity contribution >= 4 is 5.97 Å². The van der Waals surface area contributed by atoms with Gasteiger partial charge in [0.1, 0.15) is 18.8 Å². The number of azide groups is 1. The van der Waals surface area contributed by atoms with E-state index in [1.807, 2.05) is 6.92 Å². The first-order valence-electron chi connectivity index (χ1n) is 9.24. The molecular formula is C19H29N3O6. The Morgan fingerprint density at radius 2 is 2.00 bits per heavy atom. The molecule has 156 valence electrons. The fourth-order valence-corrected chi connectivity index (χ4v) is 2.29. The first-order valence-corrected chi connectivity index (χ1v) is 9.24. The van der Waals surface area contributed by atoms with Gasteiger partial charge in [0.15, 0.2) is 6.29 Å². The molecule has 0 aliphatic rings. The maximum Gasteiger partial charge on any atom is 0.338 e. The number of ether oxygens (including phenoxy) is 4. The Morgan fingerprint density at radius 3 is 2.57 bits per heavy atom. The van der Waals surface area contributed by atoms with Gasteiger partial charge in [-0.15, -0.1) is 0 Å². The van der Waals surface area contributed by atoms with Crippen LogP contribution in [0.2, 0.25) is 0 Å². The molecule has 9 nitrogen and oxygen atoms in total. The minimum Gasteiger partial charge on any atom is -0.459 e. The Hall–Kier alpha value is -2.16. The summed E-state index contributed by atoms with van der Waals surface area (Å²) in [5, 5.41) is 13.6. The van der Waals surface area contributed by atoms with Crippen molar-refractivity contribution in [2.24, 2.45) is 5.11 Å². The third kappa shape index (κ3) is 8.69. The summed E-state index contributed by atoms with van der Waals surface area (Å²) in [5.74, 6) is -0.520. The van der Waals surface area contributed by atoms with E-state index in [9.17, 15) is 9.90 Å². The van der Waals surface area contributed by atoms with Crippen molar-refractivity contribution in [3.63, 3.8) is 0 Å². The second-order valence-corrected chi connectivity index (χ2v) is 6.16. The largest absolute Gasteiger partial charge is 0.459 e. The molecule has 1 N–H and O–H groups in total. The Morgan fingerprint density at radius 1 is 1.29 bits per heavy atom. The standard InChI is InChI=1S/C19H29N3O6/c1-4-5-11-26-16(12-21-22-20)19(25-3)28-17(14(2)23)13-27-18(24)15-9-7-6-8-10-15/h6-10,14,16-17,19,23H,4-5,11-13H2,1-3H3/t14-,16+,17?,19-/m1/s1. The molecule has 0 heterocycles. The molecule has 1 aromatic rings. The van der Waals surface area contributed by atoms with Gasteiger partial charge in [0, 0.05) is 18.6 Å². The van der Waals surface area contributed by atoms with Crippen LogP contribution in [0.4, 0.5) is 0 Å². The van der Waals surface area contributed by atoms with Crippen molar-refractivity contribution in [3.05, 3.63) is 46.3 Å². The van der Waals surface area contributed by atoms with Crippen LogP contribution in [0.1, 0.15) is 37.0 Å². The van der Waals surface area contributed by atoms with Crippen LogP contribution < -0.4 is 0 Å². The summed E-state index contributed by atoms with van der Waals surface area (Å²) in [7, 11) is 1.42. The molecule has 0 saturated heterocycles. The number of aliphatic hydroxyl groups is 1. The number of nitrogens with zero attached hydrogens (tertiary/aromatic N) is 3. The number of benzene rings is 1. The lowest BCUT2D eigenvalue weighted by atomic mass is 10.2. The van der Waals surface area contributed by atoms with Crippen LogP contribution in [0.25, 0.3) is 10.4 Å². The highest BCUT2D eigenvalue weighted by Gasteiger charge is 2.29. The van der Waals surface area contributed by atoms with Gasteiger partial charge < -0.3 is 24.1 Å². The van der Waals surface area contributed by atoms with Crippen molar-refractivity contribution < 1.29 is 28.8 Å². The van der Waals surface area contributed by atoms with E-state index in [-0.39, 0.29) is 13.2 Å². The van der Waals surface area contributed by atoms with Crippen LogP contribution in [0.15, 0.2) is 35.4 Å². The van der Waals surface area contributed by atoms with Gasteiger partial charge in [0.25, 0.3) is 0 Å². The Kier molecular flexibility index (Phi) is 11.9. The predicted octanol–water partition coefficient (Wildman–Crippen LogP) is 3.08. The maximum atomic E-state index is 12.1. The van der Waals surface area contributed by atoms with Crippen LogP contribution in [-0.2, 0) is 18.9 Å². The van der Waals surface area contributed by atoms with E-state index in [1.54, 1.807) is 30.3 Å². The van der Waals surface area contributed by atoms with Crippen LogP contribution in [0.3, 0.4) is 0 Å². The molecular weight excluding hydrogens is 366 g/mol. The minimum absolute atomic E-state index is 0.00898. The zero-order chi connectivity index (χ0) is 20.8. The summed E-state index contributed by atoms with van der Waals surface area (Å²) in [6.45, 7) is 3.84. The minimum atomic E-state index is -0.933. The molecule has 1 unspecified atom stereocenters. The van der Waals surface area contributed by atoms with E-state index in [1.165, 1.54) is 14.0 Å². The number of carbonyl (C=O) groups is 1. The highest BCUT2D eigenvalue weighted by Crippen LogP contribution is 2.14. The fraction of sp³-hybridized carbons (Fsp3) is 0.632. The second-order valence-electron chi connectivity index (χ2n) is 6.16. The van der Waals surface area contributed by atoms with Gasteiger partial charge in [0.2, 0.25) is 0 Å². The topological polar surface area (TPSA) is 123 Å². The normalized spacial score (nSPS) is 15.1. The smallest absolute Gasteiger partial charge is 0.338 e. The first-order chi connectivity index (χ1) is 13.5. The van der Waals surface area contributed by atoms with E-state index in [4.69, 9.17) is 24.5 Å². The fourth-order valence-electron chi connectivity index (χ4n) is 2.29. The number of unbranched alkanes of at least 4 members (excludes halogenated alkanes) is 1. The van der Waals surface area contributed by atoms with Crippen LogP contribution in [-0.4, -0.2) is 62.5 Å². The van der Waals surface area contributed by atoms with Crippen LogP contribution in [0, 0.1) is 0 Å². The molecule has 0 aliphatic heterocycles. The Bertz CT molecular complexity index is 607. The van der Waals surface area contributed by atoms with E-state index >= 15 is 0 Å². The van der Waals surface area contributed by atoms with Gasteiger partial charge in [0.05, 0.1) is 18.2 Å². The van der Waals surface area contributed by atoms with Gasteiger partial charge in [-0.3, -0.25) is 0 Å². The molecule has 0 aliphatic carbocycles. The summed E-state index contributed by atoms with van der Waals surface area (Å²) >= 11 is 0. The zero-order valence-corrected chi connectivity index (χ0v) is 16.6. The lowest BCUT2D eigenvalue weighted by Crippen LogP contribution is -2.43. The SMILES string of the molecule is CCCCO[C@@H](CN=[N+]=[N-])[C@H](OC)OC(COC(=O)c1ccccc1)[C@@H](C)O. The predicted molar refractivity (Wildman–Crippen MR) is 103 cm³/mol. The summed E-state index contributed by atoms with van der Waals surface area (Å²) in [4.78, 5) is 14.8. The molecule has 0 spiro atoms. The Balaban J connectivity index is 2.72. The summed E-state index contributed by atoms with van der Waals surface area (Å²) in [6, 6.07) is 8.53. The molecule has 0 radical (unpaired) electrons. The number of hydrogen-bond acceptors (Lipinski definition) is 7. The first kappa shape index (κ1) is 23.9. The quantitative estimate of drug-likeness (QED) is 0.129. The molecule has 1 aromatic carbocycles. The van der Waals surface area contributed by atoms with E-state index in [0.717, 1.165) is 12.8 Å². The maximum absolute atomic E-state index is 12.1. The number of hydrogen-bond donors (Lipinski definition) is 1. The van der Waals surface area contributed by atoms with Gasteiger partial charge in [-0.1, -0.05) is 36.7 Å². The number of rotatable bonds is 14. The van der Waals surface area contributed by atoms with Crippen LogP contribution >= 0.6 is 0 Å². The van der Waals surface area contributed by atoms with Gasteiger partial charge in [-0.05, 0) is 31.0 Å². The summed E-state index contributed by atoms with van der Waals surface area (Å²) < 4.78 is 22.1. The average molecular weight is 395 g/mol. The monoisotopic (exact) mass is 395 g/mol. The van der Waals surface area contributed by atoms with Crippen molar-refractivity contribution in [2.45, 2.75) is 51.3 Å². The molecule has 0 fully saturated rings. The number of esters is 1. The summed E-state index contributed by atoms with van der Waals surface area (Å²) in [6.07, 6.45) is -1.57. The molecule has 0 bridgehead atoms. The van der Waals surface area contributed by atoms with Gasteiger partial charge in [-0.2, -0.15) is 0 Å². The molecule has 0 amide bonds. The Labute approximate surface area is 165 Å². The highest BCUT2D eigenvalue weighted by molar-refractivity contribution is 5.89. The molecule has 0 saturated carbocycles. The van der Waals surface area contributed by atoms with Crippen LogP contribution in [0.5, 0.6) is 0 Å². The van der Waals surface area contributed by atoms with E-state index < -0.39 is 30.6 Å². The summed E-state index contributed by atoms with van der Waals surface area (Å²) in [5.41, 5.74) is 8.99. The highest BCUT2D eigenvalue weighted by atomic mass is 16.7. The van der Waals surface area contributed by atoms with Gasteiger partial charge >= 0.3 is 5.97 Å². The number of methoxy groups -OCH3 is 1. The van der Waals surface area contributed by atoms with E-state index in [0.29, 0.717) is 12.2 Å². The lowest BCUT2D eigenvalue weighted by Gasteiger charge is -2.30. The molecule has 9 heteroatoms. The number of aliphatic hydroxyl groups excluding tert-OH is 1. The number of carbonyl (C=O) groups excluding carboxylic acids is 1. The van der Waals surface area contributed by atoms with Gasteiger partial charge in [-0.25, -0.2) is 4.79 Å². The molecule has 4 atom stereocenters. The third-order valence-corrected chi connectivity index (χ3v) is 3.93. The lowest BCUT2D eigenvalue weighted by molar-refractivity contribution is -0.232.